The first-order chi connectivity index (χ1) is 12.6. The Bertz CT molecular complexity index is 600. The number of carboxylic acids is 1. The normalized spacial score (nSPS) is 29.1. The highest BCUT2D eigenvalue weighted by atomic mass is 28.4. The van der Waals surface area contributed by atoms with Crippen LogP contribution in [0.4, 0.5) is 0 Å². The van der Waals surface area contributed by atoms with Crippen LogP contribution in [0.2, 0.25) is 18.1 Å². The Labute approximate surface area is 169 Å². The molecule has 0 saturated carbocycles. The van der Waals surface area contributed by atoms with E-state index < -0.39 is 32.2 Å². The van der Waals surface area contributed by atoms with E-state index in [4.69, 9.17) is 13.9 Å². The van der Waals surface area contributed by atoms with Gasteiger partial charge in [-0.1, -0.05) is 27.7 Å². The topological polar surface area (TPSA) is 85.3 Å². The van der Waals surface area contributed by atoms with Gasteiger partial charge in [-0.15, -0.1) is 0 Å². The van der Waals surface area contributed by atoms with E-state index in [-0.39, 0.29) is 23.0 Å². The third-order valence-corrected chi connectivity index (χ3v) is 10.8. The molecule has 0 unspecified atom stereocenters. The van der Waals surface area contributed by atoms with Gasteiger partial charge in [0.15, 0.2) is 14.1 Å². The zero-order valence-electron chi connectivity index (χ0n) is 18.6. The smallest absolute Gasteiger partial charge is 0.326 e. The number of carboxylic acid groups (broad SMARTS) is 1. The average Bonchev–Trinajstić information content (AvgIpc) is 3.06. The lowest BCUT2D eigenvalue weighted by Crippen LogP contribution is -2.53. The van der Waals surface area contributed by atoms with Crippen LogP contribution in [0.15, 0.2) is 0 Å². The van der Waals surface area contributed by atoms with E-state index in [0.29, 0.717) is 26.0 Å². The van der Waals surface area contributed by atoms with Crippen LogP contribution in [0, 0.1) is 5.92 Å². The van der Waals surface area contributed by atoms with E-state index in [2.05, 4.69) is 33.9 Å². The van der Waals surface area contributed by atoms with Crippen molar-refractivity contribution in [3.05, 3.63) is 0 Å². The molecule has 28 heavy (non-hydrogen) atoms. The fourth-order valence-corrected chi connectivity index (χ4v) is 4.87. The van der Waals surface area contributed by atoms with Crippen LogP contribution in [-0.2, 0) is 23.5 Å². The summed E-state index contributed by atoms with van der Waals surface area (Å²) in [7, 11) is -2.25. The van der Waals surface area contributed by atoms with Crippen LogP contribution in [-0.4, -0.2) is 67.4 Å². The first kappa shape index (κ1) is 23.3. The van der Waals surface area contributed by atoms with Gasteiger partial charge in [-0.2, -0.15) is 0 Å². The van der Waals surface area contributed by atoms with Crippen molar-refractivity contribution < 1.29 is 28.6 Å². The minimum Gasteiger partial charge on any atom is -0.480 e. The maximum absolute atomic E-state index is 13.4. The van der Waals surface area contributed by atoms with Gasteiger partial charge in [0.1, 0.15) is 12.1 Å². The van der Waals surface area contributed by atoms with Crippen LogP contribution in [0.3, 0.4) is 0 Å². The van der Waals surface area contributed by atoms with Crippen molar-refractivity contribution in [1.82, 2.24) is 4.90 Å². The second-order valence-electron chi connectivity index (χ2n) is 10.1. The Hall–Kier alpha value is -0.963. The molecule has 2 aliphatic heterocycles. The number of rotatable bonds is 6. The molecule has 8 heteroatoms. The summed E-state index contributed by atoms with van der Waals surface area (Å²) >= 11 is 0. The van der Waals surface area contributed by atoms with Crippen molar-refractivity contribution in [2.45, 2.75) is 96.6 Å². The monoisotopic (exact) mass is 415 g/mol. The molecule has 2 rings (SSSR count). The van der Waals surface area contributed by atoms with Gasteiger partial charge in [0.05, 0.1) is 12.7 Å². The summed E-state index contributed by atoms with van der Waals surface area (Å²) in [5.41, 5.74) is 0. The van der Waals surface area contributed by atoms with Crippen molar-refractivity contribution in [2.24, 2.45) is 5.92 Å². The molecule has 0 aromatic carbocycles. The third-order valence-electron chi connectivity index (χ3n) is 6.30. The maximum atomic E-state index is 13.4. The van der Waals surface area contributed by atoms with E-state index in [1.165, 1.54) is 4.90 Å². The van der Waals surface area contributed by atoms with Gasteiger partial charge in [-0.05, 0) is 44.3 Å². The van der Waals surface area contributed by atoms with Crippen molar-refractivity contribution in [3.8, 4) is 0 Å². The molecule has 0 radical (unpaired) electrons. The van der Waals surface area contributed by atoms with E-state index in [1.807, 2.05) is 20.8 Å². The van der Waals surface area contributed by atoms with Crippen LogP contribution in [0.5, 0.6) is 0 Å². The molecule has 7 nitrogen and oxygen atoms in total. The molecule has 2 heterocycles. The summed E-state index contributed by atoms with van der Waals surface area (Å²) < 4.78 is 18.1. The standard InChI is InChI=1S/C20H37NO6Si/c1-13-9-10-21(16(13)18(23)24)17(22)15(27-28(7,8)19(2,3)4)11-14-12-25-20(5,6)26-14/h13-16H,9-12H2,1-8H3,(H,23,24)/t13-,14+,15+,16-/m0/s1. The first-order valence-electron chi connectivity index (χ1n) is 10.2. The molecule has 2 saturated heterocycles. The largest absolute Gasteiger partial charge is 0.480 e. The minimum absolute atomic E-state index is 0.0671. The predicted octanol–water partition coefficient (Wildman–Crippen LogP) is 3.24. The summed E-state index contributed by atoms with van der Waals surface area (Å²) in [5, 5.41) is 9.56. The van der Waals surface area contributed by atoms with Gasteiger partial charge in [-0.25, -0.2) is 4.79 Å². The van der Waals surface area contributed by atoms with Gasteiger partial charge in [0.25, 0.3) is 5.91 Å². The number of carbonyl (C=O) groups is 2. The summed E-state index contributed by atoms with van der Waals surface area (Å²) in [6, 6.07) is -0.796. The van der Waals surface area contributed by atoms with Gasteiger partial charge in [-0.3, -0.25) is 4.79 Å². The van der Waals surface area contributed by atoms with Gasteiger partial charge in [0.2, 0.25) is 0 Å². The number of hydrogen-bond acceptors (Lipinski definition) is 5. The van der Waals surface area contributed by atoms with Gasteiger partial charge >= 0.3 is 5.97 Å². The SMILES string of the molecule is C[C@H]1CCN(C(=O)[C@@H](C[C@@H]2COC(C)(C)O2)O[Si](C)(C)C(C)(C)C)[C@@H]1C(=O)O. The predicted molar refractivity (Wildman–Crippen MR) is 109 cm³/mol. The molecule has 1 N–H and O–H groups in total. The molecule has 0 spiro atoms. The number of amides is 1. The second kappa shape index (κ2) is 8.05. The van der Waals surface area contributed by atoms with Gasteiger partial charge in [0, 0.05) is 13.0 Å². The Morgan fingerprint density at radius 2 is 1.93 bits per heavy atom. The summed E-state index contributed by atoms with van der Waals surface area (Å²) in [6.07, 6.45) is 0.0741. The Morgan fingerprint density at radius 1 is 1.32 bits per heavy atom. The molecular weight excluding hydrogens is 378 g/mol. The quantitative estimate of drug-likeness (QED) is 0.670. The molecule has 162 valence electrons. The van der Waals surface area contributed by atoms with Crippen molar-refractivity contribution >= 4 is 20.2 Å². The Balaban J connectivity index is 2.24. The fourth-order valence-electron chi connectivity index (χ4n) is 3.61. The van der Waals surface area contributed by atoms with E-state index in [9.17, 15) is 14.7 Å². The third kappa shape index (κ3) is 5.14. The molecule has 0 aliphatic carbocycles. The Morgan fingerprint density at radius 3 is 2.39 bits per heavy atom. The highest BCUT2D eigenvalue weighted by Gasteiger charge is 2.47. The van der Waals surface area contributed by atoms with E-state index >= 15 is 0 Å². The van der Waals surface area contributed by atoms with E-state index in [0.717, 1.165) is 0 Å². The number of carbonyl (C=O) groups excluding carboxylic acids is 1. The number of nitrogens with zero attached hydrogens (tertiary/aromatic N) is 1. The number of ether oxygens (including phenoxy) is 2. The summed E-state index contributed by atoms with van der Waals surface area (Å²) in [6.45, 7) is 17.0. The summed E-state index contributed by atoms with van der Waals surface area (Å²) in [5.74, 6) is -1.94. The zero-order chi connectivity index (χ0) is 21.5. The number of aliphatic carboxylic acids is 1. The van der Waals surface area contributed by atoms with Crippen molar-refractivity contribution in [3.63, 3.8) is 0 Å². The highest BCUT2D eigenvalue weighted by molar-refractivity contribution is 6.74. The summed E-state index contributed by atoms with van der Waals surface area (Å²) in [4.78, 5) is 26.7. The minimum atomic E-state index is -2.25. The average molecular weight is 416 g/mol. The van der Waals surface area contributed by atoms with Crippen LogP contribution >= 0.6 is 0 Å². The number of likely N-dealkylation sites (tertiary alicyclic amines) is 1. The molecule has 0 bridgehead atoms. The van der Waals surface area contributed by atoms with Crippen LogP contribution < -0.4 is 0 Å². The lowest BCUT2D eigenvalue weighted by atomic mass is 10.0. The zero-order valence-corrected chi connectivity index (χ0v) is 19.6. The van der Waals surface area contributed by atoms with Crippen LogP contribution in [0.25, 0.3) is 0 Å². The molecule has 4 atom stereocenters. The molecule has 2 fully saturated rings. The van der Waals surface area contributed by atoms with Gasteiger partial charge < -0.3 is 23.9 Å². The molecule has 2 aliphatic rings. The lowest BCUT2D eigenvalue weighted by molar-refractivity contribution is -0.156. The second-order valence-corrected chi connectivity index (χ2v) is 14.9. The molecule has 0 aromatic heterocycles. The number of hydrogen-bond donors (Lipinski definition) is 1. The van der Waals surface area contributed by atoms with Crippen molar-refractivity contribution in [2.75, 3.05) is 13.2 Å². The molecule has 0 aromatic rings. The fraction of sp³-hybridized carbons (Fsp3) is 0.900. The highest BCUT2D eigenvalue weighted by Crippen LogP contribution is 2.39. The first-order valence-corrected chi connectivity index (χ1v) is 13.1. The van der Waals surface area contributed by atoms with Crippen molar-refractivity contribution in [1.29, 1.82) is 0 Å². The van der Waals surface area contributed by atoms with Crippen LogP contribution in [0.1, 0.15) is 54.4 Å². The maximum Gasteiger partial charge on any atom is 0.326 e. The lowest BCUT2D eigenvalue weighted by Gasteiger charge is -2.40. The molecular formula is C20H37NO6Si. The Kier molecular flexibility index (Phi) is 6.70. The van der Waals surface area contributed by atoms with E-state index in [1.54, 1.807) is 0 Å². The molecule has 1 amide bonds.